The highest BCUT2D eigenvalue weighted by molar-refractivity contribution is 5.98. The number of carbonyl (C=O) groups excluding carboxylic acids is 2. The first-order chi connectivity index (χ1) is 14.2. The largest absolute Gasteiger partial charge is 0.480 e. The maximum absolute atomic E-state index is 12.3. The Balaban J connectivity index is 1.90. The Hall–Kier alpha value is -3.35. The molecule has 0 saturated heterocycles. The van der Waals surface area contributed by atoms with Crippen LogP contribution in [0.25, 0.3) is 0 Å². The van der Waals surface area contributed by atoms with Crippen molar-refractivity contribution in [1.82, 2.24) is 5.32 Å². The van der Waals surface area contributed by atoms with Crippen LogP contribution in [0.3, 0.4) is 0 Å². The van der Waals surface area contributed by atoms with Gasteiger partial charge in [0.05, 0.1) is 6.54 Å². The monoisotopic (exact) mass is 411 g/mol. The first kappa shape index (κ1) is 22.9. The van der Waals surface area contributed by atoms with E-state index >= 15 is 0 Å². The molecule has 0 radical (unpaired) electrons. The standard InChI is InChI=1S/C23H29N3O4/c1-14(2)11-20(23(29)30)26-22(28)17-6-8-18(9-7-17)25-21(27)13-24-19-10-5-15(3)12-16(19)4/h5-10,12,14,20,24H,11,13H2,1-4H3,(H,25,27)(H,26,28)(H,29,30). The summed E-state index contributed by atoms with van der Waals surface area (Å²) in [6, 6.07) is 11.4. The smallest absolute Gasteiger partial charge is 0.326 e. The predicted molar refractivity (Wildman–Crippen MR) is 118 cm³/mol. The van der Waals surface area contributed by atoms with Gasteiger partial charge in [-0.25, -0.2) is 4.79 Å². The molecule has 2 aromatic carbocycles. The van der Waals surface area contributed by atoms with E-state index in [-0.39, 0.29) is 18.4 Å². The third kappa shape index (κ3) is 6.92. The molecule has 30 heavy (non-hydrogen) atoms. The number of anilines is 2. The fourth-order valence-corrected chi connectivity index (χ4v) is 3.03. The molecule has 0 heterocycles. The van der Waals surface area contributed by atoms with E-state index in [2.05, 4.69) is 16.0 Å². The number of amides is 2. The summed E-state index contributed by atoms with van der Waals surface area (Å²) >= 11 is 0. The highest BCUT2D eigenvalue weighted by atomic mass is 16.4. The number of aryl methyl sites for hydroxylation is 2. The first-order valence-electron chi connectivity index (χ1n) is 9.90. The fraction of sp³-hybridized carbons (Fsp3) is 0.348. The van der Waals surface area contributed by atoms with E-state index in [9.17, 15) is 19.5 Å². The Labute approximate surface area is 176 Å². The molecule has 2 rings (SSSR count). The molecule has 0 spiro atoms. The average molecular weight is 412 g/mol. The van der Waals surface area contributed by atoms with Gasteiger partial charge in [-0.05, 0) is 62.1 Å². The zero-order chi connectivity index (χ0) is 22.3. The van der Waals surface area contributed by atoms with Gasteiger partial charge in [0.25, 0.3) is 5.91 Å². The van der Waals surface area contributed by atoms with E-state index in [1.54, 1.807) is 24.3 Å². The summed E-state index contributed by atoms with van der Waals surface area (Å²) in [5.41, 5.74) is 4.00. The van der Waals surface area contributed by atoms with Crippen molar-refractivity contribution in [1.29, 1.82) is 0 Å². The van der Waals surface area contributed by atoms with Gasteiger partial charge in [0.1, 0.15) is 6.04 Å². The molecule has 160 valence electrons. The van der Waals surface area contributed by atoms with Crippen LogP contribution < -0.4 is 16.0 Å². The Kier molecular flexibility index (Phi) is 7.98. The molecule has 2 amide bonds. The van der Waals surface area contributed by atoms with Crippen LogP contribution in [0.4, 0.5) is 11.4 Å². The summed E-state index contributed by atoms with van der Waals surface area (Å²) < 4.78 is 0. The number of benzene rings is 2. The number of carbonyl (C=O) groups is 3. The van der Waals surface area contributed by atoms with Crippen LogP contribution in [0.15, 0.2) is 42.5 Å². The van der Waals surface area contributed by atoms with E-state index < -0.39 is 17.9 Å². The number of carboxylic acids is 1. The van der Waals surface area contributed by atoms with Crippen molar-refractivity contribution in [3.8, 4) is 0 Å². The van der Waals surface area contributed by atoms with Gasteiger partial charge < -0.3 is 21.1 Å². The van der Waals surface area contributed by atoms with Crippen molar-refractivity contribution < 1.29 is 19.5 Å². The third-order valence-electron chi connectivity index (χ3n) is 4.56. The van der Waals surface area contributed by atoms with Crippen molar-refractivity contribution in [2.24, 2.45) is 5.92 Å². The van der Waals surface area contributed by atoms with Crippen LogP contribution in [-0.2, 0) is 9.59 Å². The summed E-state index contributed by atoms with van der Waals surface area (Å²) in [6.07, 6.45) is 0.350. The molecule has 7 nitrogen and oxygen atoms in total. The number of hydrogen-bond acceptors (Lipinski definition) is 4. The topological polar surface area (TPSA) is 108 Å². The molecule has 0 fully saturated rings. The zero-order valence-corrected chi connectivity index (χ0v) is 17.8. The van der Waals surface area contributed by atoms with Gasteiger partial charge in [-0.15, -0.1) is 0 Å². The maximum Gasteiger partial charge on any atom is 0.326 e. The van der Waals surface area contributed by atoms with Gasteiger partial charge in [-0.3, -0.25) is 9.59 Å². The second kappa shape index (κ2) is 10.4. The molecule has 0 aliphatic heterocycles. The Morgan fingerprint density at radius 1 is 1.00 bits per heavy atom. The van der Waals surface area contributed by atoms with Crippen LogP contribution in [0, 0.1) is 19.8 Å². The van der Waals surface area contributed by atoms with Gasteiger partial charge >= 0.3 is 5.97 Å². The van der Waals surface area contributed by atoms with Crippen molar-refractivity contribution in [3.05, 3.63) is 59.2 Å². The van der Waals surface area contributed by atoms with E-state index in [1.807, 2.05) is 45.9 Å². The molecule has 0 bridgehead atoms. The molecular formula is C23H29N3O4. The number of nitrogens with one attached hydrogen (secondary N) is 3. The van der Waals surface area contributed by atoms with Crippen molar-refractivity contribution >= 4 is 29.2 Å². The Morgan fingerprint density at radius 2 is 1.67 bits per heavy atom. The minimum absolute atomic E-state index is 0.113. The quantitative estimate of drug-likeness (QED) is 0.504. The second-order valence-electron chi connectivity index (χ2n) is 7.79. The molecule has 2 aromatic rings. The van der Waals surface area contributed by atoms with Crippen molar-refractivity contribution in [3.63, 3.8) is 0 Å². The van der Waals surface area contributed by atoms with Crippen LogP contribution in [0.5, 0.6) is 0 Å². The second-order valence-corrected chi connectivity index (χ2v) is 7.79. The molecule has 7 heteroatoms. The molecule has 4 N–H and O–H groups in total. The molecular weight excluding hydrogens is 382 g/mol. The number of aliphatic carboxylic acids is 1. The van der Waals surface area contributed by atoms with Gasteiger partial charge in [0.2, 0.25) is 5.91 Å². The van der Waals surface area contributed by atoms with E-state index in [0.717, 1.165) is 16.8 Å². The van der Waals surface area contributed by atoms with Gasteiger partial charge in [-0.1, -0.05) is 31.5 Å². The predicted octanol–water partition coefficient (Wildman–Crippen LogP) is 3.58. The lowest BCUT2D eigenvalue weighted by molar-refractivity contribution is -0.139. The Bertz CT molecular complexity index is 907. The number of hydrogen-bond donors (Lipinski definition) is 4. The number of carboxylic acid groups (broad SMARTS) is 1. The normalized spacial score (nSPS) is 11.6. The average Bonchev–Trinajstić information content (AvgIpc) is 2.67. The fourth-order valence-electron chi connectivity index (χ4n) is 3.03. The van der Waals surface area contributed by atoms with Crippen LogP contribution in [0.2, 0.25) is 0 Å². The van der Waals surface area contributed by atoms with Crippen LogP contribution in [-0.4, -0.2) is 35.5 Å². The number of rotatable bonds is 9. The maximum atomic E-state index is 12.3. The van der Waals surface area contributed by atoms with E-state index in [1.165, 1.54) is 0 Å². The summed E-state index contributed by atoms with van der Waals surface area (Å²) in [4.78, 5) is 35.8. The lowest BCUT2D eigenvalue weighted by Gasteiger charge is -2.16. The molecule has 1 unspecified atom stereocenters. The van der Waals surface area contributed by atoms with Crippen LogP contribution >= 0.6 is 0 Å². The van der Waals surface area contributed by atoms with Crippen LogP contribution in [0.1, 0.15) is 41.8 Å². The molecule has 1 atom stereocenters. The van der Waals surface area contributed by atoms with Crippen molar-refractivity contribution in [2.75, 3.05) is 17.2 Å². The van der Waals surface area contributed by atoms with E-state index in [4.69, 9.17) is 0 Å². The Morgan fingerprint density at radius 3 is 2.23 bits per heavy atom. The third-order valence-corrected chi connectivity index (χ3v) is 4.56. The summed E-state index contributed by atoms with van der Waals surface area (Å²) in [6.45, 7) is 7.90. The zero-order valence-electron chi connectivity index (χ0n) is 17.8. The van der Waals surface area contributed by atoms with Crippen molar-refractivity contribution in [2.45, 2.75) is 40.2 Å². The van der Waals surface area contributed by atoms with Gasteiger partial charge in [0, 0.05) is 16.9 Å². The van der Waals surface area contributed by atoms with Gasteiger partial charge in [-0.2, -0.15) is 0 Å². The molecule has 0 aliphatic rings. The first-order valence-corrected chi connectivity index (χ1v) is 9.90. The molecule has 0 aliphatic carbocycles. The molecule has 0 aromatic heterocycles. The minimum atomic E-state index is -1.06. The lowest BCUT2D eigenvalue weighted by atomic mass is 10.0. The highest BCUT2D eigenvalue weighted by Gasteiger charge is 2.21. The summed E-state index contributed by atoms with van der Waals surface area (Å²) in [5, 5.41) is 17.7. The molecule has 0 saturated carbocycles. The SMILES string of the molecule is Cc1ccc(NCC(=O)Nc2ccc(C(=O)NC(CC(C)C)C(=O)O)cc2)c(C)c1. The van der Waals surface area contributed by atoms with E-state index in [0.29, 0.717) is 17.7 Å². The summed E-state index contributed by atoms with van der Waals surface area (Å²) in [5.74, 6) is -1.59. The lowest BCUT2D eigenvalue weighted by Crippen LogP contribution is -2.41. The summed E-state index contributed by atoms with van der Waals surface area (Å²) in [7, 11) is 0. The minimum Gasteiger partial charge on any atom is -0.480 e. The highest BCUT2D eigenvalue weighted by Crippen LogP contribution is 2.16. The van der Waals surface area contributed by atoms with Gasteiger partial charge in [0.15, 0.2) is 0 Å².